The van der Waals surface area contributed by atoms with Gasteiger partial charge in [-0.3, -0.25) is 9.59 Å². The molecule has 0 spiro atoms. The lowest BCUT2D eigenvalue weighted by Crippen LogP contribution is -2.34. The number of carbonyl (C=O) groups is 2. The number of ketones is 1. The lowest BCUT2D eigenvalue weighted by Gasteiger charge is -2.16. The molecule has 9 heteroatoms. The number of rotatable bonds is 16. The van der Waals surface area contributed by atoms with Crippen LogP contribution in [-0.2, 0) is 9.59 Å². The maximum atomic E-state index is 12.3. The molecule has 32 heavy (non-hydrogen) atoms. The smallest absolute Gasteiger partial charge is 0.220 e. The van der Waals surface area contributed by atoms with E-state index in [0.717, 1.165) is 19.3 Å². The van der Waals surface area contributed by atoms with Crippen molar-refractivity contribution in [3.05, 3.63) is 34.7 Å². The van der Waals surface area contributed by atoms with Crippen LogP contribution in [0.15, 0.2) is 29.4 Å². The molecule has 9 nitrogen and oxygen atoms in total. The second-order valence-corrected chi connectivity index (χ2v) is 8.43. The normalized spacial score (nSPS) is 22.9. The Hall–Kier alpha value is -2.19. The third kappa shape index (κ3) is 11.4. The maximum absolute atomic E-state index is 12.3. The summed E-state index contributed by atoms with van der Waals surface area (Å²) in [5.41, 5.74) is 8.23. The Morgan fingerprint density at radius 2 is 2.09 bits per heavy atom. The number of nitrogens with zero attached hydrogens (tertiary/aromatic N) is 3. The zero-order valence-corrected chi connectivity index (χ0v) is 19.0. The second-order valence-electron chi connectivity index (χ2n) is 8.43. The first-order chi connectivity index (χ1) is 15.4. The zero-order valence-electron chi connectivity index (χ0n) is 19.0. The van der Waals surface area contributed by atoms with Gasteiger partial charge in [-0.25, -0.2) is 0 Å². The van der Waals surface area contributed by atoms with Crippen molar-refractivity contribution in [2.24, 2.45) is 17.0 Å². The van der Waals surface area contributed by atoms with Gasteiger partial charge >= 0.3 is 0 Å². The molecule has 0 heterocycles. The summed E-state index contributed by atoms with van der Waals surface area (Å²) in [4.78, 5) is 26.6. The van der Waals surface area contributed by atoms with Crippen LogP contribution in [0.1, 0.15) is 64.7 Å². The van der Waals surface area contributed by atoms with Crippen molar-refractivity contribution in [3.8, 4) is 0 Å². The number of Topliss-reactive ketones (excluding diaryl/α,β-unsaturated/α-hetero) is 1. The highest BCUT2D eigenvalue weighted by Crippen LogP contribution is 2.33. The molecule has 0 saturated heterocycles. The third-order valence-corrected chi connectivity index (χ3v) is 5.62. The van der Waals surface area contributed by atoms with E-state index in [9.17, 15) is 19.8 Å². The van der Waals surface area contributed by atoms with E-state index >= 15 is 0 Å². The molecule has 1 fully saturated rings. The van der Waals surface area contributed by atoms with Crippen molar-refractivity contribution in [2.75, 3.05) is 13.2 Å². The van der Waals surface area contributed by atoms with Gasteiger partial charge in [-0.15, -0.1) is 0 Å². The summed E-state index contributed by atoms with van der Waals surface area (Å²) < 4.78 is 0. The molecule has 0 aromatic heterocycles. The minimum Gasteiger partial charge on any atom is -0.394 e. The van der Waals surface area contributed by atoms with E-state index in [2.05, 4.69) is 15.3 Å². The molecule has 0 aromatic rings. The number of carbonyl (C=O) groups excluding carboxylic acids is 2. The van der Waals surface area contributed by atoms with E-state index in [1.165, 1.54) is 0 Å². The fraction of sp³-hybridized carbons (Fsp3) is 0.739. The van der Waals surface area contributed by atoms with Gasteiger partial charge in [0.25, 0.3) is 0 Å². The Bertz CT molecular complexity index is 675. The molecule has 0 radical (unpaired) electrons. The molecule has 0 aliphatic heterocycles. The van der Waals surface area contributed by atoms with E-state index in [-0.39, 0.29) is 42.6 Å². The van der Waals surface area contributed by atoms with Crippen LogP contribution in [0.2, 0.25) is 0 Å². The molecule has 1 saturated carbocycles. The standard InChI is InChI=1S/C23H38N4O5/c1-17(16-28)26-23(32)11-7-3-2-6-10-19-20(22(31)15-21(19)30)13-12-18(29)9-5-4-8-14-25-27-24/h2,6,12-13,17-20,22,28-29,31H,3-5,7-11,14-16H2,1H3,(H,26,32)/b6-2-,13-12+/t17-,18+,19-,20-,22-/m1/s1. The summed E-state index contributed by atoms with van der Waals surface area (Å²) >= 11 is 0. The predicted molar refractivity (Wildman–Crippen MR) is 123 cm³/mol. The van der Waals surface area contributed by atoms with E-state index in [0.29, 0.717) is 38.6 Å². The van der Waals surface area contributed by atoms with Crippen LogP contribution >= 0.6 is 0 Å². The Labute approximate surface area is 190 Å². The number of azide groups is 1. The van der Waals surface area contributed by atoms with Gasteiger partial charge in [0, 0.05) is 42.2 Å². The molecule has 180 valence electrons. The minimum absolute atomic E-state index is 0.0294. The lowest BCUT2D eigenvalue weighted by atomic mass is 9.90. The first kappa shape index (κ1) is 27.8. The van der Waals surface area contributed by atoms with Crippen molar-refractivity contribution >= 4 is 11.7 Å². The van der Waals surface area contributed by atoms with Crippen LogP contribution in [-0.4, -0.2) is 58.4 Å². The van der Waals surface area contributed by atoms with Crippen molar-refractivity contribution in [3.63, 3.8) is 0 Å². The van der Waals surface area contributed by atoms with Crippen molar-refractivity contribution < 1.29 is 24.9 Å². The third-order valence-electron chi connectivity index (χ3n) is 5.62. The lowest BCUT2D eigenvalue weighted by molar-refractivity contribution is -0.122. The van der Waals surface area contributed by atoms with Crippen molar-refractivity contribution in [1.82, 2.24) is 5.32 Å². The van der Waals surface area contributed by atoms with Gasteiger partial charge in [0.15, 0.2) is 0 Å². The number of hydrogen-bond donors (Lipinski definition) is 4. The van der Waals surface area contributed by atoms with Gasteiger partial charge < -0.3 is 20.6 Å². The highest BCUT2D eigenvalue weighted by atomic mass is 16.3. The minimum atomic E-state index is -0.731. The highest BCUT2D eigenvalue weighted by Gasteiger charge is 2.39. The molecule has 5 atom stereocenters. The number of hydrogen-bond acceptors (Lipinski definition) is 6. The fourth-order valence-electron chi connectivity index (χ4n) is 3.77. The average Bonchev–Trinajstić information content (AvgIpc) is 3.03. The first-order valence-electron chi connectivity index (χ1n) is 11.5. The summed E-state index contributed by atoms with van der Waals surface area (Å²) in [6, 6.07) is -0.245. The molecule has 1 rings (SSSR count). The van der Waals surface area contributed by atoms with Gasteiger partial charge in [-0.05, 0) is 44.6 Å². The molecule has 1 aliphatic carbocycles. The number of aliphatic hydroxyl groups is 3. The number of nitrogens with one attached hydrogen (secondary N) is 1. The Balaban J connectivity index is 2.38. The number of allylic oxidation sites excluding steroid dienone is 2. The largest absolute Gasteiger partial charge is 0.394 e. The topological polar surface area (TPSA) is 156 Å². The van der Waals surface area contributed by atoms with Gasteiger partial charge in [-0.1, -0.05) is 42.3 Å². The molecule has 1 aliphatic rings. The zero-order chi connectivity index (χ0) is 23.8. The molecule has 4 N–H and O–H groups in total. The average molecular weight is 451 g/mol. The summed E-state index contributed by atoms with van der Waals surface area (Å²) in [7, 11) is 0. The SMILES string of the molecule is C[C@H](CO)NC(=O)CCC/C=C\C[C@H]1C(=O)C[C@@H](O)[C@@H]1/C=C/[C@@H](O)CCCCCN=[N+]=[N-]. The van der Waals surface area contributed by atoms with Crippen LogP contribution < -0.4 is 5.32 Å². The Morgan fingerprint density at radius 3 is 2.81 bits per heavy atom. The quantitative estimate of drug-likeness (QED) is 0.0935. The highest BCUT2D eigenvalue weighted by molar-refractivity contribution is 5.84. The van der Waals surface area contributed by atoms with Crippen molar-refractivity contribution in [2.45, 2.75) is 83.0 Å². The van der Waals surface area contributed by atoms with E-state index in [1.54, 1.807) is 19.1 Å². The van der Waals surface area contributed by atoms with E-state index in [1.807, 2.05) is 12.2 Å². The van der Waals surface area contributed by atoms with Crippen molar-refractivity contribution in [1.29, 1.82) is 0 Å². The molecule has 0 unspecified atom stereocenters. The number of amides is 1. The first-order valence-corrected chi connectivity index (χ1v) is 11.5. The molecular weight excluding hydrogens is 412 g/mol. The van der Waals surface area contributed by atoms with Crippen LogP contribution in [0, 0.1) is 11.8 Å². The fourth-order valence-corrected chi connectivity index (χ4v) is 3.77. The summed E-state index contributed by atoms with van der Waals surface area (Å²) in [6.45, 7) is 2.12. The molecular formula is C23H38N4O5. The maximum Gasteiger partial charge on any atom is 0.220 e. The van der Waals surface area contributed by atoms with Gasteiger partial charge in [0.2, 0.25) is 5.91 Å². The summed E-state index contributed by atoms with van der Waals surface area (Å²) in [5.74, 6) is -0.671. The van der Waals surface area contributed by atoms with Crippen LogP contribution in [0.3, 0.4) is 0 Å². The van der Waals surface area contributed by atoms with E-state index < -0.39 is 12.2 Å². The van der Waals surface area contributed by atoms with Gasteiger partial charge in [0.1, 0.15) is 5.78 Å². The molecule has 0 bridgehead atoms. The van der Waals surface area contributed by atoms with Crippen LogP contribution in [0.25, 0.3) is 10.4 Å². The molecule has 1 amide bonds. The number of unbranched alkanes of at least 4 members (excludes halogenated alkanes) is 3. The number of aliphatic hydroxyl groups excluding tert-OH is 3. The van der Waals surface area contributed by atoms with Crippen LogP contribution in [0.4, 0.5) is 0 Å². The Kier molecular flexibility index (Phi) is 14.3. The van der Waals surface area contributed by atoms with E-state index in [4.69, 9.17) is 10.6 Å². The summed E-state index contributed by atoms with van der Waals surface area (Å²) in [5, 5.41) is 35.5. The van der Waals surface area contributed by atoms with Crippen LogP contribution in [0.5, 0.6) is 0 Å². The molecule has 0 aromatic carbocycles. The summed E-state index contributed by atoms with van der Waals surface area (Å²) in [6.07, 6.45) is 11.4. The van der Waals surface area contributed by atoms with Gasteiger partial charge in [-0.2, -0.15) is 0 Å². The predicted octanol–water partition coefficient (Wildman–Crippen LogP) is 2.95. The monoisotopic (exact) mass is 450 g/mol. The van der Waals surface area contributed by atoms with Gasteiger partial charge in [0.05, 0.1) is 18.8 Å². The Morgan fingerprint density at radius 1 is 1.31 bits per heavy atom. The second kappa shape index (κ2) is 16.4.